The fraction of sp³-hybridized carbons (Fsp3) is 0.733. The molecule has 116 valence electrons. The zero-order valence-electron chi connectivity index (χ0n) is 12.8. The number of carbonyl (C=O) groups excluding carboxylic acids is 1. The molecular formula is C15H24N4O2. The van der Waals surface area contributed by atoms with Crippen LogP contribution in [0.1, 0.15) is 48.8 Å². The van der Waals surface area contributed by atoms with E-state index in [4.69, 9.17) is 10.5 Å². The maximum absolute atomic E-state index is 13.0. The van der Waals surface area contributed by atoms with Crippen LogP contribution in [-0.2, 0) is 18.2 Å². The van der Waals surface area contributed by atoms with Gasteiger partial charge in [-0.3, -0.25) is 9.48 Å². The summed E-state index contributed by atoms with van der Waals surface area (Å²) in [7, 11) is 1.79. The Labute approximate surface area is 125 Å². The lowest BCUT2D eigenvalue weighted by atomic mass is 9.90. The third kappa shape index (κ3) is 2.41. The zero-order valence-corrected chi connectivity index (χ0v) is 12.8. The number of morpholine rings is 1. The number of aryl methyl sites for hydroxylation is 2. The lowest BCUT2D eigenvalue weighted by Gasteiger charge is -2.43. The first-order valence-corrected chi connectivity index (χ1v) is 7.87. The lowest BCUT2D eigenvalue weighted by Crippen LogP contribution is -2.55. The standard InChI is InChI=1S/C15H24N4O2/c1-3-10-13(16)14(18(2)17-10)15(20)19-8-9-21-12-7-5-4-6-11(12)19/h11-12H,3-9,16H2,1-2H3. The molecule has 1 aromatic heterocycles. The third-order valence-corrected chi connectivity index (χ3v) is 4.69. The Bertz CT molecular complexity index is 538. The van der Waals surface area contributed by atoms with Crippen LogP contribution < -0.4 is 5.73 Å². The summed E-state index contributed by atoms with van der Waals surface area (Å²) in [6.07, 6.45) is 5.36. The highest BCUT2D eigenvalue weighted by atomic mass is 16.5. The second kappa shape index (κ2) is 5.67. The molecule has 2 N–H and O–H groups in total. The predicted molar refractivity (Wildman–Crippen MR) is 80.0 cm³/mol. The summed E-state index contributed by atoms with van der Waals surface area (Å²) in [5, 5.41) is 4.36. The number of hydrogen-bond acceptors (Lipinski definition) is 4. The summed E-state index contributed by atoms with van der Waals surface area (Å²) >= 11 is 0. The number of hydrogen-bond donors (Lipinski definition) is 1. The largest absolute Gasteiger partial charge is 0.395 e. The Morgan fingerprint density at radius 2 is 2.19 bits per heavy atom. The Balaban J connectivity index is 1.89. The average molecular weight is 292 g/mol. The summed E-state index contributed by atoms with van der Waals surface area (Å²) in [6, 6.07) is 0.194. The van der Waals surface area contributed by atoms with E-state index in [2.05, 4.69) is 5.10 Å². The molecule has 1 saturated carbocycles. The van der Waals surface area contributed by atoms with Crippen molar-refractivity contribution < 1.29 is 9.53 Å². The first kappa shape index (κ1) is 14.4. The molecule has 2 heterocycles. The van der Waals surface area contributed by atoms with E-state index in [-0.39, 0.29) is 18.1 Å². The summed E-state index contributed by atoms with van der Waals surface area (Å²) < 4.78 is 7.47. The number of nitrogens with zero attached hydrogens (tertiary/aromatic N) is 3. The molecule has 1 saturated heterocycles. The monoisotopic (exact) mass is 292 g/mol. The number of aromatic nitrogens is 2. The quantitative estimate of drug-likeness (QED) is 0.893. The topological polar surface area (TPSA) is 73.4 Å². The number of carbonyl (C=O) groups is 1. The number of rotatable bonds is 2. The summed E-state index contributed by atoms with van der Waals surface area (Å²) in [5.74, 6) is 0.00222. The van der Waals surface area contributed by atoms with Crippen LogP contribution in [0.25, 0.3) is 0 Å². The van der Waals surface area contributed by atoms with E-state index in [0.29, 0.717) is 24.5 Å². The zero-order chi connectivity index (χ0) is 15.0. The Morgan fingerprint density at radius 1 is 1.43 bits per heavy atom. The van der Waals surface area contributed by atoms with Crippen molar-refractivity contribution in [2.24, 2.45) is 7.05 Å². The molecule has 1 aliphatic heterocycles. The Hall–Kier alpha value is -1.56. The van der Waals surface area contributed by atoms with Crippen LogP contribution in [0.4, 0.5) is 5.69 Å². The van der Waals surface area contributed by atoms with Gasteiger partial charge in [-0.05, 0) is 19.3 Å². The van der Waals surface area contributed by atoms with Crippen molar-refractivity contribution in [1.29, 1.82) is 0 Å². The highest BCUT2D eigenvalue weighted by Crippen LogP contribution is 2.30. The van der Waals surface area contributed by atoms with Crippen LogP contribution in [0.5, 0.6) is 0 Å². The predicted octanol–water partition coefficient (Wildman–Crippen LogP) is 1.35. The smallest absolute Gasteiger partial charge is 0.274 e. The van der Waals surface area contributed by atoms with Gasteiger partial charge in [0.15, 0.2) is 0 Å². The van der Waals surface area contributed by atoms with E-state index in [1.165, 1.54) is 6.42 Å². The van der Waals surface area contributed by atoms with Crippen LogP contribution >= 0.6 is 0 Å². The molecule has 1 amide bonds. The average Bonchev–Trinajstić information content (AvgIpc) is 2.80. The van der Waals surface area contributed by atoms with E-state index in [1.54, 1.807) is 11.7 Å². The fourth-order valence-electron chi connectivity index (χ4n) is 3.60. The van der Waals surface area contributed by atoms with Crippen LogP contribution in [0.3, 0.4) is 0 Å². The van der Waals surface area contributed by atoms with Gasteiger partial charge in [-0.25, -0.2) is 0 Å². The number of nitrogens with two attached hydrogens (primary N) is 1. The Kier molecular flexibility index (Phi) is 3.89. The van der Waals surface area contributed by atoms with Crippen molar-refractivity contribution in [2.75, 3.05) is 18.9 Å². The minimum absolute atomic E-state index is 0.00222. The molecule has 2 atom stereocenters. The summed E-state index contributed by atoms with van der Waals surface area (Å²) in [6.45, 7) is 3.26. The lowest BCUT2D eigenvalue weighted by molar-refractivity contribution is -0.0755. The number of fused-ring (bicyclic) bond motifs is 1. The van der Waals surface area contributed by atoms with Crippen molar-refractivity contribution in [3.8, 4) is 0 Å². The third-order valence-electron chi connectivity index (χ3n) is 4.69. The molecule has 1 aromatic rings. The maximum atomic E-state index is 13.0. The maximum Gasteiger partial charge on any atom is 0.274 e. The molecule has 21 heavy (non-hydrogen) atoms. The van der Waals surface area contributed by atoms with Crippen molar-refractivity contribution in [1.82, 2.24) is 14.7 Å². The van der Waals surface area contributed by atoms with Gasteiger partial charge >= 0.3 is 0 Å². The van der Waals surface area contributed by atoms with Gasteiger partial charge in [0.25, 0.3) is 5.91 Å². The van der Waals surface area contributed by atoms with E-state index in [0.717, 1.165) is 31.4 Å². The Morgan fingerprint density at radius 3 is 2.90 bits per heavy atom. The molecule has 3 rings (SSSR count). The first-order chi connectivity index (χ1) is 10.1. The van der Waals surface area contributed by atoms with Crippen LogP contribution in [0, 0.1) is 0 Å². The van der Waals surface area contributed by atoms with Gasteiger partial charge in [0.1, 0.15) is 5.69 Å². The van der Waals surface area contributed by atoms with Crippen LogP contribution in [0.2, 0.25) is 0 Å². The van der Waals surface area contributed by atoms with E-state index < -0.39 is 0 Å². The number of anilines is 1. The first-order valence-electron chi connectivity index (χ1n) is 7.87. The molecule has 2 aliphatic rings. The molecule has 6 nitrogen and oxygen atoms in total. The fourth-order valence-corrected chi connectivity index (χ4v) is 3.60. The molecule has 1 aliphatic carbocycles. The molecule has 0 aromatic carbocycles. The highest BCUT2D eigenvalue weighted by molar-refractivity contribution is 5.98. The van der Waals surface area contributed by atoms with Gasteiger partial charge in [0, 0.05) is 13.6 Å². The van der Waals surface area contributed by atoms with E-state index in [9.17, 15) is 4.79 Å². The van der Waals surface area contributed by atoms with Gasteiger partial charge in [-0.2, -0.15) is 5.10 Å². The number of ether oxygens (including phenoxy) is 1. The molecule has 0 bridgehead atoms. The van der Waals surface area contributed by atoms with E-state index in [1.807, 2.05) is 11.8 Å². The molecule has 0 spiro atoms. The van der Waals surface area contributed by atoms with Crippen molar-refractivity contribution in [3.05, 3.63) is 11.4 Å². The van der Waals surface area contributed by atoms with Gasteiger partial charge in [-0.15, -0.1) is 0 Å². The summed E-state index contributed by atoms with van der Waals surface area (Å²) in [4.78, 5) is 14.9. The van der Waals surface area contributed by atoms with Gasteiger partial charge < -0.3 is 15.4 Å². The normalized spacial score (nSPS) is 25.7. The minimum Gasteiger partial charge on any atom is -0.395 e. The summed E-state index contributed by atoms with van der Waals surface area (Å²) in [5.41, 5.74) is 7.99. The minimum atomic E-state index is 0.00222. The van der Waals surface area contributed by atoms with Gasteiger partial charge in [-0.1, -0.05) is 19.8 Å². The number of amides is 1. The SMILES string of the molecule is CCc1nn(C)c(C(=O)N2CCOC3CCCCC32)c1N. The molecule has 2 fully saturated rings. The van der Waals surface area contributed by atoms with Gasteiger partial charge in [0.05, 0.1) is 30.1 Å². The molecular weight excluding hydrogens is 268 g/mol. The van der Waals surface area contributed by atoms with E-state index >= 15 is 0 Å². The van der Waals surface area contributed by atoms with Crippen LogP contribution in [-0.4, -0.2) is 45.9 Å². The van der Waals surface area contributed by atoms with Crippen molar-refractivity contribution in [3.63, 3.8) is 0 Å². The van der Waals surface area contributed by atoms with Crippen molar-refractivity contribution in [2.45, 2.75) is 51.2 Å². The highest BCUT2D eigenvalue weighted by Gasteiger charge is 2.38. The van der Waals surface area contributed by atoms with Gasteiger partial charge in [0.2, 0.25) is 0 Å². The number of nitrogen functional groups attached to an aromatic ring is 1. The van der Waals surface area contributed by atoms with Crippen molar-refractivity contribution >= 4 is 11.6 Å². The molecule has 6 heteroatoms. The second-order valence-corrected chi connectivity index (χ2v) is 5.95. The molecule has 2 unspecified atom stereocenters. The van der Waals surface area contributed by atoms with Crippen LogP contribution in [0.15, 0.2) is 0 Å². The second-order valence-electron chi connectivity index (χ2n) is 5.95. The molecule has 0 radical (unpaired) electrons.